The topological polar surface area (TPSA) is 50.2 Å². The van der Waals surface area contributed by atoms with Gasteiger partial charge in [-0.05, 0) is 43.7 Å². The summed E-state index contributed by atoms with van der Waals surface area (Å²) in [4.78, 5) is 14.0. The maximum absolute atomic E-state index is 13.9. The SMILES string of the molecule is CN(Cc1cc(Br)ccc1F)C(=O)c1ccn(C2CCCNC2)n1.Cl. The van der Waals surface area contributed by atoms with E-state index in [0.717, 1.165) is 30.4 Å². The maximum atomic E-state index is 13.9. The van der Waals surface area contributed by atoms with Gasteiger partial charge in [-0.1, -0.05) is 15.9 Å². The Morgan fingerprint density at radius 3 is 3.00 bits per heavy atom. The molecule has 0 spiro atoms. The molecular formula is C17H21BrClFN4O. The first kappa shape index (κ1) is 19.9. The van der Waals surface area contributed by atoms with Crippen molar-refractivity contribution in [2.75, 3.05) is 20.1 Å². The Labute approximate surface area is 161 Å². The lowest BCUT2D eigenvalue weighted by atomic mass is 10.1. The zero-order valence-corrected chi connectivity index (χ0v) is 16.3. The van der Waals surface area contributed by atoms with Gasteiger partial charge in [0.1, 0.15) is 11.5 Å². The summed E-state index contributed by atoms with van der Waals surface area (Å²) in [6, 6.07) is 6.73. The summed E-state index contributed by atoms with van der Waals surface area (Å²) in [5, 5.41) is 7.76. The minimum absolute atomic E-state index is 0. The fraction of sp³-hybridized carbons (Fsp3) is 0.412. The van der Waals surface area contributed by atoms with Gasteiger partial charge in [-0.3, -0.25) is 9.48 Å². The van der Waals surface area contributed by atoms with E-state index in [9.17, 15) is 9.18 Å². The van der Waals surface area contributed by atoms with Crippen LogP contribution in [-0.4, -0.2) is 40.7 Å². The average molecular weight is 432 g/mol. The number of nitrogens with one attached hydrogen (secondary N) is 1. The van der Waals surface area contributed by atoms with Crippen molar-refractivity contribution < 1.29 is 9.18 Å². The Bertz CT molecular complexity index is 733. The highest BCUT2D eigenvalue weighted by Crippen LogP contribution is 2.19. The van der Waals surface area contributed by atoms with E-state index in [-0.39, 0.29) is 36.7 Å². The van der Waals surface area contributed by atoms with E-state index in [1.54, 1.807) is 25.2 Å². The van der Waals surface area contributed by atoms with Crippen molar-refractivity contribution in [2.24, 2.45) is 0 Å². The summed E-state index contributed by atoms with van der Waals surface area (Å²) in [7, 11) is 1.66. The van der Waals surface area contributed by atoms with Gasteiger partial charge in [-0.15, -0.1) is 12.4 Å². The quantitative estimate of drug-likeness (QED) is 0.807. The Morgan fingerprint density at radius 1 is 1.48 bits per heavy atom. The molecule has 2 aromatic rings. The molecule has 0 bridgehead atoms. The van der Waals surface area contributed by atoms with Crippen LogP contribution in [0.5, 0.6) is 0 Å². The predicted molar refractivity (Wildman–Crippen MR) is 101 cm³/mol. The standard InChI is InChI=1S/C17H20BrFN4O.ClH/c1-22(11-12-9-13(18)4-5-15(12)19)17(24)16-6-8-23(21-16)14-3-2-7-20-10-14;/h4-6,8-9,14,20H,2-3,7,10-11H2,1H3;1H. The molecule has 1 aromatic carbocycles. The molecule has 0 saturated carbocycles. The number of carbonyl (C=O) groups excluding carboxylic acids is 1. The fourth-order valence-electron chi connectivity index (χ4n) is 2.90. The van der Waals surface area contributed by atoms with Crippen molar-refractivity contribution in [1.82, 2.24) is 20.0 Å². The number of hydrogen-bond acceptors (Lipinski definition) is 3. The van der Waals surface area contributed by atoms with Crippen LogP contribution in [-0.2, 0) is 6.54 Å². The summed E-state index contributed by atoms with van der Waals surface area (Å²) in [5.41, 5.74) is 0.856. The van der Waals surface area contributed by atoms with Gasteiger partial charge in [0.25, 0.3) is 5.91 Å². The minimum Gasteiger partial charge on any atom is -0.336 e. The molecule has 1 saturated heterocycles. The number of aromatic nitrogens is 2. The number of nitrogens with zero attached hydrogens (tertiary/aromatic N) is 3. The predicted octanol–water partition coefficient (Wildman–Crippen LogP) is 3.40. The van der Waals surface area contributed by atoms with E-state index < -0.39 is 0 Å². The van der Waals surface area contributed by atoms with Crippen molar-refractivity contribution in [3.8, 4) is 0 Å². The van der Waals surface area contributed by atoms with Crippen LogP contribution in [0, 0.1) is 5.82 Å². The molecule has 0 radical (unpaired) electrons. The van der Waals surface area contributed by atoms with Gasteiger partial charge in [-0.25, -0.2) is 4.39 Å². The molecule has 25 heavy (non-hydrogen) atoms. The smallest absolute Gasteiger partial charge is 0.274 e. The lowest BCUT2D eigenvalue weighted by Gasteiger charge is -2.23. The number of rotatable bonds is 4. The molecular weight excluding hydrogens is 411 g/mol. The van der Waals surface area contributed by atoms with E-state index in [1.807, 2.05) is 10.9 Å². The van der Waals surface area contributed by atoms with Gasteiger partial charge in [-0.2, -0.15) is 5.10 Å². The summed E-state index contributed by atoms with van der Waals surface area (Å²) >= 11 is 3.32. The monoisotopic (exact) mass is 430 g/mol. The normalized spacial score (nSPS) is 17.0. The molecule has 1 fully saturated rings. The average Bonchev–Trinajstić information content (AvgIpc) is 3.08. The second kappa shape index (κ2) is 8.78. The molecule has 1 amide bonds. The van der Waals surface area contributed by atoms with Gasteiger partial charge in [0.05, 0.1) is 6.04 Å². The molecule has 1 atom stereocenters. The second-order valence-electron chi connectivity index (χ2n) is 6.08. The number of halogens is 3. The molecule has 5 nitrogen and oxygen atoms in total. The maximum Gasteiger partial charge on any atom is 0.274 e. The summed E-state index contributed by atoms with van der Waals surface area (Å²) < 4.78 is 16.5. The summed E-state index contributed by atoms with van der Waals surface area (Å²) in [6.45, 7) is 2.10. The third-order valence-corrected chi connectivity index (χ3v) is 4.73. The first-order chi connectivity index (χ1) is 11.5. The molecule has 1 aliphatic heterocycles. The van der Waals surface area contributed by atoms with Gasteiger partial charge < -0.3 is 10.2 Å². The lowest BCUT2D eigenvalue weighted by Crippen LogP contribution is -2.32. The van der Waals surface area contributed by atoms with Gasteiger partial charge in [0, 0.05) is 36.4 Å². The zero-order chi connectivity index (χ0) is 17.1. The van der Waals surface area contributed by atoms with E-state index in [4.69, 9.17) is 0 Å². The highest BCUT2D eigenvalue weighted by molar-refractivity contribution is 9.10. The van der Waals surface area contributed by atoms with Crippen LogP contribution in [0.4, 0.5) is 4.39 Å². The molecule has 1 aliphatic rings. The van der Waals surface area contributed by atoms with Crippen LogP contribution in [0.25, 0.3) is 0 Å². The lowest BCUT2D eigenvalue weighted by molar-refractivity contribution is 0.0776. The highest BCUT2D eigenvalue weighted by atomic mass is 79.9. The third-order valence-electron chi connectivity index (χ3n) is 4.23. The Hall–Kier alpha value is -1.44. The van der Waals surface area contributed by atoms with Crippen LogP contribution in [0.1, 0.15) is 34.9 Å². The summed E-state index contributed by atoms with van der Waals surface area (Å²) in [5.74, 6) is -0.534. The van der Waals surface area contributed by atoms with Crippen LogP contribution < -0.4 is 5.32 Å². The van der Waals surface area contributed by atoms with Crippen molar-refractivity contribution in [2.45, 2.75) is 25.4 Å². The number of hydrogen-bond donors (Lipinski definition) is 1. The second-order valence-corrected chi connectivity index (χ2v) is 6.99. The Balaban J connectivity index is 0.00000225. The van der Waals surface area contributed by atoms with Crippen LogP contribution >= 0.6 is 28.3 Å². The van der Waals surface area contributed by atoms with Gasteiger partial charge in [0.2, 0.25) is 0 Å². The van der Waals surface area contributed by atoms with Crippen LogP contribution in [0.15, 0.2) is 34.9 Å². The molecule has 8 heteroatoms. The van der Waals surface area contributed by atoms with Crippen molar-refractivity contribution in [1.29, 1.82) is 0 Å². The molecule has 0 aliphatic carbocycles. The van der Waals surface area contributed by atoms with Crippen molar-refractivity contribution >= 4 is 34.2 Å². The summed E-state index contributed by atoms with van der Waals surface area (Å²) in [6.07, 6.45) is 4.01. The van der Waals surface area contributed by atoms with E-state index in [0.29, 0.717) is 11.3 Å². The van der Waals surface area contributed by atoms with E-state index in [2.05, 4.69) is 26.3 Å². The number of carbonyl (C=O) groups is 1. The zero-order valence-electron chi connectivity index (χ0n) is 13.9. The Kier molecular flexibility index (Phi) is 6.98. The molecule has 3 rings (SSSR count). The molecule has 1 aromatic heterocycles. The first-order valence-corrected chi connectivity index (χ1v) is 8.79. The van der Waals surface area contributed by atoms with E-state index >= 15 is 0 Å². The van der Waals surface area contributed by atoms with Crippen molar-refractivity contribution in [3.05, 3.63) is 52.0 Å². The molecule has 136 valence electrons. The largest absolute Gasteiger partial charge is 0.336 e. The Morgan fingerprint density at radius 2 is 2.28 bits per heavy atom. The third kappa shape index (κ3) is 4.80. The molecule has 1 unspecified atom stereocenters. The highest BCUT2D eigenvalue weighted by Gasteiger charge is 2.20. The van der Waals surface area contributed by atoms with Crippen molar-refractivity contribution in [3.63, 3.8) is 0 Å². The first-order valence-electron chi connectivity index (χ1n) is 8.00. The van der Waals surface area contributed by atoms with E-state index in [1.165, 1.54) is 11.0 Å². The van der Waals surface area contributed by atoms with Crippen LogP contribution in [0.2, 0.25) is 0 Å². The minimum atomic E-state index is -0.323. The fourth-order valence-corrected chi connectivity index (χ4v) is 3.31. The van der Waals surface area contributed by atoms with Crippen LogP contribution in [0.3, 0.4) is 0 Å². The number of benzene rings is 1. The molecule has 1 N–H and O–H groups in total. The number of amides is 1. The molecule has 2 heterocycles. The van der Waals surface area contributed by atoms with Gasteiger partial charge in [0.15, 0.2) is 0 Å². The number of piperidine rings is 1. The van der Waals surface area contributed by atoms with Gasteiger partial charge >= 0.3 is 0 Å².